The molecule has 2 aliphatic rings. The first-order valence-corrected chi connectivity index (χ1v) is 5.19. The van der Waals surface area contributed by atoms with E-state index in [-0.39, 0.29) is 0 Å². The minimum absolute atomic E-state index is 0.589. The second-order valence-corrected chi connectivity index (χ2v) is 4.12. The fourth-order valence-electron chi connectivity index (χ4n) is 2.05. The Morgan fingerprint density at radius 1 is 1.00 bits per heavy atom. The Labute approximate surface area is 74.2 Å². The molecule has 0 bridgehead atoms. The minimum atomic E-state index is 0.589. The van der Waals surface area contributed by atoms with Gasteiger partial charge in [-0.25, -0.2) is 0 Å². The summed E-state index contributed by atoms with van der Waals surface area (Å²) in [4.78, 5) is 4.56. The Kier molecular flexibility index (Phi) is 2.33. The van der Waals surface area contributed by atoms with E-state index in [1.54, 1.807) is 0 Å². The second-order valence-electron chi connectivity index (χ2n) is 4.12. The van der Waals surface area contributed by atoms with E-state index < -0.39 is 0 Å². The van der Waals surface area contributed by atoms with E-state index >= 15 is 0 Å². The average Bonchev–Trinajstić information content (AvgIpc) is 2.47. The molecule has 0 amide bonds. The zero-order chi connectivity index (χ0) is 8.39. The van der Waals surface area contributed by atoms with Gasteiger partial charge in [0, 0.05) is 5.92 Å². The highest BCUT2D eigenvalue weighted by Crippen LogP contribution is 2.27. The van der Waals surface area contributed by atoms with Crippen LogP contribution in [0.2, 0.25) is 0 Å². The van der Waals surface area contributed by atoms with Crippen molar-refractivity contribution in [3.63, 3.8) is 0 Å². The van der Waals surface area contributed by atoms with Crippen molar-refractivity contribution in [1.29, 1.82) is 0 Å². The lowest BCUT2D eigenvalue weighted by atomic mass is 9.93. The molecule has 0 aromatic heterocycles. The van der Waals surface area contributed by atoms with Gasteiger partial charge in [-0.05, 0) is 32.1 Å². The molecule has 12 heavy (non-hydrogen) atoms. The van der Waals surface area contributed by atoms with E-state index in [9.17, 15) is 0 Å². The molecule has 68 valence electrons. The van der Waals surface area contributed by atoms with Crippen LogP contribution in [0.25, 0.3) is 0 Å². The summed E-state index contributed by atoms with van der Waals surface area (Å²) in [6, 6.07) is 0.589. The minimum Gasteiger partial charge on any atom is -0.387 e. The SMILES string of the molecule is NC(=NC1CCC1)C1CCCC1. The van der Waals surface area contributed by atoms with Gasteiger partial charge in [-0.15, -0.1) is 0 Å². The van der Waals surface area contributed by atoms with Crippen molar-refractivity contribution < 1.29 is 0 Å². The molecule has 0 aromatic rings. The van der Waals surface area contributed by atoms with Crippen LogP contribution >= 0.6 is 0 Å². The van der Waals surface area contributed by atoms with Crippen molar-refractivity contribution in [2.45, 2.75) is 51.0 Å². The molecule has 2 fully saturated rings. The molecule has 0 unspecified atom stereocenters. The molecule has 0 atom stereocenters. The molecule has 2 heteroatoms. The lowest BCUT2D eigenvalue weighted by Gasteiger charge is -2.22. The predicted octanol–water partition coefficient (Wildman–Crippen LogP) is 2.09. The fourth-order valence-corrected chi connectivity index (χ4v) is 2.05. The van der Waals surface area contributed by atoms with Crippen molar-refractivity contribution in [1.82, 2.24) is 0 Å². The second kappa shape index (κ2) is 3.46. The molecule has 0 saturated heterocycles. The highest BCUT2D eigenvalue weighted by molar-refractivity contribution is 5.83. The van der Waals surface area contributed by atoms with E-state index in [4.69, 9.17) is 5.73 Å². The van der Waals surface area contributed by atoms with Crippen molar-refractivity contribution in [2.24, 2.45) is 16.6 Å². The summed E-state index contributed by atoms with van der Waals surface area (Å²) in [5.74, 6) is 1.59. The van der Waals surface area contributed by atoms with Gasteiger partial charge in [-0.1, -0.05) is 12.8 Å². The Morgan fingerprint density at radius 2 is 1.67 bits per heavy atom. The Hall–Kier alpha value is -0.530. The van der Waals surface area contributed by atoms with Gasteiger partial charge in [0.05, 0.1) is 11.9 Å². The summed E-state index contributed by atoms with van der Waals surface area (Å²) in [7, 11) is 0. The topological polar surface area (TPSA) is 38.4 Å². The molecule has 2 saturated carbocycles. The first kappa shape index (κ1) is 8.09. The van der Waals surface area contributed by atoms with Crippen molar-refractivity contribution in [3.05, 3.63) is 0 Å². The summed E-state index contributed by atoms with van der Waals surface area (Å²) in [6.07, 6.45) is 9.16. The van der Waals surface area contributed by atoms with Gasteiger partial charge in [0.1, 0.15) is 0 Å². The van der Waals surface area contributed by atoms with E-state index in [1.165, 1.54) is 44.9 Å². The fraction of sp³-hybridized carbons (Fsp3) is 0.900. The van der Waals surface area contributed by atoms with Crippen LogP contribution in [-0.4, -0.2) is 11.9 Å². The van der Waals surface area contributed by atoms with Crippen LogP contribution in [0.5, 0.6) is 0 Å². The van der Waals surface area contributed by atoms with Crippen LogP contribution in [0.1, 0.15) is 44.9 Å². The van der Waals surface area contributed by atoms with Gasteiger partial charge < -0.3 is 5.73 Å². The van der Waals surface area contributed by atoms with Crippen LogP contribution in [0.3, 0.4) is 0 Å². The molecular weight excluding hydrogens is 148 g/mol. The third kappa shape index (κ3) is 1.62. The highest BCUT2D eigenvalue weighted by Gasteiger charge is 2.22. The van der Waals surface area contributed by atoms with Crippen molar-refractivity contribution in [3.8, 4) is 0 Å². The lowest BCUT2D eigenvalue weighted by molar-refractivity contribution is 0.417. The smallest absolute Gasteiger partial charge is 0.0971 e. The van der Waals surface area contributed by atoms with E-state index in [1.807, 2.05) is 0 Å². The molecule has 2 aliphatic carbocycles. The molecule has 0 spiro atoms. The summed E-state index contributed by atoms with van der Waals surface area (Å²) in [6.45, 7) is 0. The number of hydrogen-bond acceptors (Lipinski definition) is 1. The molecule has 2 N–H and O–H groups in total. The third-order valence-electron chi connectivity index (χ3n) is 3.18. The monoisotopic (exact) mass is 166 g/mol. The summed E-state index contributed by atoms with van der Waals surface area (Å²) in [5, 5.41) is 0. The predicted molar refractivity (Wildman–Crippen MR) is 51.2 cm³/mol. The number of amidine groups is 1. The van der Waals surface area contributed by atoms with Gasteiger partial charge in [-0.2, -0.15) is 0 Å². The molecule has 0 radical (unpaired) electrons. The molecule has 0 aliphatic heterocycles. The summed E-state index contributed by atoms with van der Waals surface area (Å²) >= 11 is 0. The van der Waals surface area contributed by atoms with Crippen molar-refractivity contribution in [2.75, 3.05) is 0 Å². The maximum absolute atomic E-state index is 5.94. The Bertz CT molecular complexity index is 176. The molecule has 2 rings (SSSR count). The zero-order valence-corrected chi connectivity index (χ0v) is 7.63. The molecule has 0 aromatic carbocycles. The van der Waals surface area contributed by atoms with Gasteiger partial charge in [0.2, 0.25) is 0 Å². The number of nitrogens with zero attached hydrogens (tertiary/aromatic N) is 1. The normalized spacial score (nSPS) is 27.5. The first-order chi connectivity index (χ1) is 5.86. The molecular formula is C10H18N2. The van der Waals surface area contributed by atoms with Crippen LogP contribution < -0.4 is 5.73 Å². The molecule has 0 heterocycles. The molecule has 2 nitrogen and oxygen atoms in total. The van der Waals surface area contributed by atoms with Crippen LogP contribution in [0.15, 0.2) is 4.99 Å². The van der Waals surface area contributed by atoms with E-state index in [0.717, 1.165) is 5.84 Å². The van der Waals surface area contributed by atoms with E-state index in [0.29, 0.717) is 12.0 Å². The van der Waals surface area contributed by atoms with Crippen LogP contribution in [-0.2, 0) is 0 Å². The van der Waals surface area contributed by atoms with E-state index in [2.05, 4.69) is 4.99 Å². The van der Waals surface area contributed by atoms with Gasteiger partial charge in [0.15, 0.2) is 0 Å². The lowest BCUT2D eigenvalue weighted by Crippen LogP contribution is -2.26. The highest BCUT2D eigenvalue weighted by atomic mass is 14.9. The summed E-state index contributed by atoms with van der Waals surface area (Å²) in [5.41, 5.74) is 5.94. The number of rotatable bonds is 2. The van der Waals surface area contributed by atoms with Crippen LogP contribution in [0, 0.1) is 5.92 Å². The Morgan fingerprint density at radius 3 is 2.17 bits per heavy atom. The number of hydrogen-bond donors (Lipinski definition) is 1. The van der Waals surface area contributed by atoms with Gasteiger partial charge in [-0.3, -0.25) is 4.99 Å². The average molecular weight is 166 g/mol. The largest absolute Gasteiger partial charge is 0.387 e. The maximum atomic E-state index is 5.94. The van der Waals surface area contributed by atoms with Crippen LogP contribution in [0.4, 0.5) is 0 Å². The van der Waals surface area contributed by atoms with Crippen molar-refractivity contribution >= 4 is 5.84 Å². The number of aliphatic imine (C=N–C) groups is 1. The third-order valence-corrected chi connectivity index (χ3v) is 3.18. The first-order valence-electron chi connectivity index (χ1n) is 5.19. The number of nitrogens with two attached hydrogens (primary N) is 1. The Balaban J connectivity index is 1.88. The quantitative estimate of drug-likeness (QED) is 0.495. The summed E-state index contributed by atoms with van der Waals surface area (Å²) < 4.78 is 0. The van der Waals surface area contributed by atoms with Gasteiger partial charge in [0.25, 0.3) is 0 Å². The maximum Gasteiger partial charge on any atom is 0.0971 e. The standard InChI is InChI=1S/C10H18N2/c11-10(8-4-1-2-5-8)12-9-6-3-7-9/h8-9H,1-7H2,(H2,11,12). The zero-order valence-electron chi connectivity index (χ0n) is 7.63. The van der Waals surface area contributed by atoms with Gasteiger partial charge >= 0.3 is 0 Å².